The summed E-state index contributed by atoms with van der Waals surface area (Å²) in [6.45, 7) is 4.23. The number of aliphatic hydroxyl groups excluding tert-OH is 2. The van der Waals surface area contributed by atoms with Gasteiger partial charge in [0.05, 0.1) is 18.8 Å². The highest BCUT2D eigenvalue weighted by Crippen LogP contribution is 2.13. The molecule has 0 fully saturated rings. The lowest BCUT2D eigenvalue weighted by Gasteiger charge is -2.19. The van der Waals surface area contributed by atoms with E-state index >= 15 is 0 Å². The topological polar surface area (TPSA) is 69.6 Å². The largest absolute Gasteiger partial charge is 0.394 e. The summed E-state index contributed by atoms with van der Waals surface area (Å²) in [5, 5.41) is 22.8. The Bertz CT molecular complexity index is 711. The minimum atomic E-state index is -0.873. The van der Waals surface area contributed by atoms with E-state index in [1.165, 1.54) is 109 Å². The van der Waals surface area contributed by atoms with Gasteiger partial charge in [-0.15, -0.1) is 0 Å². The smallest absolute Gasteiger partial charge is 0.220 e. The predicted octanol–water partition coefficient (Wildman–Crippen LogP) is 11.2. The van der Waals surface area contributed by atoms with Crippen molar-refractivity contribution in [2.24, 2.45) is 0 Å². The van der Waals surface area contributed by atoms with Crippen molar-refractivity contribution >= 4 is 5.91 Å². The van der Waals surface area contributed by atoms with E-state index in [0.29, 0.717) is 6.42 Å². The van der Waals surface area contributed by atoms with Crippen LogP contribution in [0.3, 0.4) is 0 Å². The molecule has 0 spiro atoms. The van der Waals surface area contributed by atoms with Crippen LogP contribution in [-0.4, -0.2) is 34.9 Å². The molecule has 4 heteroatoms. The summed E-state index contributed by atoms with van der Waals surface area (Å²) in [5.74, 6) is -0.0953. The molecule has 0 aliphatic carbocycles. The number of nitrogens with one attached hydrogen (secondary N) is 1. The Kier molecular flexibility index (Phi) is 34.5. The Morgan fingerprint density at radius 2 is 0.909 bits per heavy atom. The van der Waals surface area contributed by atoms with E-state index in [0.717, 1.165) is 51.4 Å². The van der Waals surface area contributed by atoms with Gasteiger partial charge in [0.25, 0.3) is 0 Å². The standard InChI is InChI=1S/C40H73NO3/c1-3-5-7-9-11-13-15-16-17-18-19-20-21-22-23-24-25-26-27-29-31-33-35-39(43)38(37-42)41-40(44)36-34-32-30-28-14-12-10-8-6-4-2/h10,12,22-23,26-27,33,35,38-39,42-43H,3-9,11,13-21,24-25,28-32,34,36-37H2,1-2H3,(H,41,44)/b12-10-,23-22+,27-26+,35-33+. The molecule has 0 rings (SSSR count). The molecule has 0 heterocycles. The first-order valence-electron chi connectivity index (χ1n) is 18.9. The van der Waals surface area contributed by atoms with Crippen molar-refractivity contribution in [2.45, 2.75) is 193 Å². The van der Waals surface area contributed by atoms with Crippen LogP contribution in [0, 0.1) is 0 Å². The number of rotatable bonds is 33. The van der Waals surface area contributed by atoms with Crippen LogP contribution in [0.15, 0.2) is 48.6 Å². The third kappa shape index (κ3) is 31.8. The third-order valence-corrected chi connectivity index (χ3v) is 8.26. The van der Waals surface area contributed by atoms with Gasteiger partial charge in [-0.1, -0.05) is 159 Å². The van der Waals surface area contributed by atoms with Crippen LogP contribution in [-0.2, 0) is 4.79 Å². The van der Waals surface area contributed by atoms with E-state index in [9.17, 15) is 15.0 Å². The number of hydrogen-bond donors (Lipinski definition) is 3. The van der Waals surface area contributed by atoms with Crippen molar-refractivity contribution in [2.75, 3.05) is 6.61 Å². The molecule has 4 nitrogen and oxygen atoms in total. The quantitative estimate of drug-likeness (QED) is 0.0508. The molecular weight excluding hydrogens is 542 g/mol. The van der Waals surface area contributed by atoms with Crippen LogP contribution in [0.25, 0.3) is 0 Å². The van der Waals surface area contributed by atoms with Crippen LogP contribution >= 0.6 is 0 Å². The highest BCUT2D eigenvalue weighted by atomic mass is 16.3. The Balaban J connectivity index is 3.68. The fraction of sp³-hybridized carbons (Fsp3) is 0.775. The molecule has 0 saturated carbocycles. The molecule has 3 N–H and O–H groups in total. The molecule has 44 heavy (non-hydrogen) atoms. The first-order chi connectivity index (χ1) is 21.7. The van der Waals surface area contributed by atoms with Gasteiger partial charge in [0.2, 0.25) is 5.91 Å². The number of allylic oxidation sites excluding steroid dienone is 7. The van der Waals surface area contributed by atoms with E-state index in [2.05, 4.69) is 55.6 Å². The number of amides is 1. The first kappa shape index (κ1) is 42.3. The fourth-order valence-electron chi connectivity index (χ4n) is 5.31. The average molecular weight is 616 g/mol. The summed E-state index contributed by atoms with van der Waals surface area (Å²) in [4.78, 5) is 12.2. The van der Waals surface area contributed by atoms with Crippen LogP contribution < -0.4 is 5.32 Å². The lowest BCUT2D eigenvalue weighted by Crippen LogP contribution is -2.45. The highest BCUT2D eigenvalue weighted by molar-refractivity contribution is 5.76. The number of unbranched alkanes of at least 4 members (excludes halogenated alkanes) is 20. The van der Waals surface area contributed by atoms with Crippen molar-refractivity contribution < 1.29 is 15.0 Å². The maximum atomic E-state index is 12.2. The zero-order valence-electron chi connectivity index (χ0n) is 29.2. The lowest BCUT2D eigenvalue weighted by atomic mass is 10.0. The third-order valence-electron chi connectivity index (χ3n) is 8.26. The van der Waals surface area contributed by atoms with Crippen molar-refractivity contribution in [1.82, 2.24) is 5.32 Å². The second-order valence-electron chi connectivity index (χ2n) is 12.6. The van der Waals surface area contributed by atoms with E-state index in [-0.39, 0.29) is 12.5 Å². The Morgan fingerprint density at radius 1 is 0.523 bits per heavy atom. The van der Waals surface area contributed by atoms with Crippen molar-refractivity contribution in [3.8, 4) is 0 Å². The molecule has 1 amide bonds. The molecule has 256 valence electrons. The number of aliphatic hydroxyl groups is 2. The summed E-state index contributed by atoms with van der Waals surface area (Å²) in [6.07, 6.45) is 47.8. The van der Waals surface area contributed by atoms with Gasteiger partial charge in [0, 0.05) is 6.42 Å². The van der Waals surface area contributed by atoms with Gasteiger partial charge < -0.3 is 15.5 Å². The van der Waals surface area contributed by atoms with Gasteiger partial charge in [-0.3, -0.25) is 4.79 Å². The minimum absolute atomic E-state index is 0.0953. The highest BCUT2D eigenvalue weighted by Gasteiger charge is 2.17. The maximum absolute atomic E-state index is 12.2. The van der Waals surface area contributed by atoms with Crippen molar-refractivity contribution in [3.05, 3.63) is 48.6 Å². The SMILES string of the molecule is CCCC/C=C\CCCCCCC(=O)NC(CO)C(O)/C=C/CC/C=C/CC/C=C/CCCCCCCCCCCCCC. The van der Waals surface area contributed by atoms with Gasteiger partial charge >= 0.3 is 0 Å². The Hall–Kier alpha value is -1.65. The lowest BCUT2D eigenvalue weighted by molar-refractivity contribution is -0.123. The summed E-state index contributed by atoms with van der Waals surface area (Å²) >= 11 is 0. The number of hydrogen-bond acceptors (Lipinski definition) is 3. The van der Waals surface area contributed by atoms with Gasteiger partial charge in [-0.2, -0.15) is 0 Å². The molecule has 0 radical (unpaired) electrons. The van der Waals surface area contributed by atoms with Gasteiger partial charge in [0.1, 0.15) is 0 Å². The number of carbonyl (C=O) groups is 1. The van der Waals surface area contributed by atoms with Crippen LogP contribution in [0.5, 0.6) is 0 Å². The zero-order chi connectivity index (χ0) is 32.2. The average Bonchev–Trinajstić information content (AvgIpc) is 3.03. The van der Waals surface area contributed by atoms with Gasteiger partial charge in [-0.05, 0) is 64.2 Å². The Labute approximate surface area is 274 Å². The molecule has 0 aromatic heterocycles. The van der Waals surface area contributed by atoms with Gasteiger partial charge in [-0.25, -0.2) is 0 Å². The summed E-state index contributed by atoms with van der Waals surface area (Å²) in [6, 6.07) is -0.649. The van der Waals surface area contributed by atoms with E-state index in [1.54, 1.807) is 6.08 Å². The van der Waals surface area contributed by atoms with Crippen molar-refractivity contribution in [1.29, 1.82) is 0 Å². The molecule has 0 saturated heterocycles. The van der Waals surface area contributed by atoms with Crippen LogP contribution in [0.4, 0.5) is 0 Å². The molecule has 2 atom stereocenters. The van der Waals surface area contributed by atoms with E-state index < -0.39 is 12.1 Å². The zero-order valence-corrected chi connectivity index (χ0v) is 29.2. The molecular formula is C40H73NO3. The second kappa shape index (κ2) is 35.8. The normalized spacial score (nSPS) is 13.6. The summed E-state index contributed by atoms with van der Waals surface area (Å²) in [5.41, 5.74) is 0. The minimum Gasteiger partial charge on any atom is -0.394 e. The molecule has 0 aromatic rings. The monoisotopic (exact) mass is 616 g/mol. The fourth-order valence-corrected chi connectivity index (χ4v) is 5.31. The number of carbonyl (C=O) groups excluding carboxylic acids is 1. The molecule has 0 aliphatic rings. The second-order valence-corrected chi connectivity index (χ2v) is 12.6. The molecule has 0 aromatic carbocycles. The Morgan fingerprint density at radius 3 is 1.39 bits per heavy atom. The van der Waals surface area contributed by atoms with E-state index in [1.807, 2.05) is 6.08 Å². The molecule has 2 unspecified atom stereocenters. The van der Waals surface area contributed by atoms with Gasteiger partial charge in [0.15, 0.2) is 0 Å². The van der Waals surface area contributed by atoms with Crippen molar-refractivity contribution in [3.63, 3.8) is 0 Å². The predicted molar refractivity (Wildman–Crippen MR) is 193 cm³/mol. The van der Waals surface area contributed by atoms with E-state index in [4.69, 9.17) is 0 Å². The van der Waals surface area contributed by atoms with Crippen LogP contribution in [0.1, 0.15) is 181 Å². The molecule has 0 bridgehead atoms. The van der Waals surface area contributed by atoms with Crippen LogP contribution in [0.2, 0.25) is 0 Å². The molecule has 0 aliphatic heterocycles. The maximum Gasteiger partial charge on any atom is 0.220 e. The first-order valence-corrected chi connectivity index (χ1v) is 18.9. The summed E-state index contributed by atoms with van der Waals surface area (Å²) in [7, 11) is 0. The summed E-state index contributed by atoms with van der Waals surface area (Å²) < 4.78 is 0.